The second kappa shape index (κ2) is 15.3. The number of carbonyl (C=O) groups excluding carboxylic acids is 3. The van der Waals surface area contributed by atoms with Gasteiger partial charge in [-0.05, 0) is 68.2 Å². The second-order valence-electron chi connectivity index (χ2n) is 14.0. The zero-order chi connectivity index (χ0) is 32.8. The summed E-state index contributed by atoms with van der Waals surface area (Å²) in [7, 11) is 0. The fourth-order valence-corrected chi connectivity index (χ4v) is 7.10. The number of β-amino-alcohol motifs (C(OH)–C–C–N with tert-alkyl or cyclic N) is 1. The number of piperidine rings is 1. The van der Waals surface area contributed by atoms with Gasteiger partial charge in [-0.25, -0.2) is 4.98 Å². The largest absolute Gasteiger partial charge is 0.391 e. The highest BCUT2D eigenvalue weighted by atomic mass is 32.1. The Morgan fingerprint density at radius 2 is 1.78 bits per heavy atom. The van der Waals surface area contributed by atoms with Crippen LogP contribution in [0, 0.1) is 18.3 Å². The number of amides is 3. The number of nitrogens with one attached hydrogen (secondary N) is 3. The Kier molecular flexibility index (Phi) is 11.5. The average Bonchev–Trinajstić information content (AvgIpc) is 3.62. The first-order valence-corrected chi connectivity index (χ1v) is 17.3. The highest BCUT2D eigenvalue weighted by Gasteiger charge is 2.44. The van der Waals surface area contributed by atoms with Crippen LogP contribution >= 0.6 is 11.3 Å². The number of aliphatic hydroxyl groups is 1. The van der Waals surface area contributed by atoms with Gasteiger partial charge in [0.15, 0.2) is 0 Å². The normalized spacial score (nSPS) is 24.3. The quantitative estimate of drug-likeness (QED) is 0.274. The van der Waals surface area contributed by atoms with Gasteiger partial charge in [0, 0.05) is 26.1 Å². The summed E-state index contributed by atoms with van der Waals surface area (Å²) in [5.74, 6) is -0.503. The van der Waals surface area contributed by atoms with Crippen LogP contribution in [0.3, 0.4) is 0 Å². The van der Waals surface area contributed by atoms with Crippen molar-refractivity contribution in [2.45, 2.75) is 96.7 Å². The number of rotatable bonds is 12. The van der Waals surface area contributed by atoms with Gasteiger partial charge in [-0.1, -0.05) is 45.0 Å². The standard InChI is InChI=1S/C34H49N5O6S/c1-21-30(46-20-37-21)24-7-5-22(6-8-24)16-36-32(42)28-13-25(40)17-39(28)33(43)31(34(2,3)4)38-29(41)19-45-27-14-26(15-27)44-18-23-9-11-35-12-10-23/h5-8,20,23,25-28,31,35,40H,9-19H2,1-4H3,(H,36,42)(H,38,41)/t25-,26?,27?,28+,31-/m1/s1. The first-order valence-electron chi connectivity index (χ1n) is 16.5. The molecule has 0 spiro atoms. The molecule has 3 fully saturated rings. The second-order valence-corrected chi connectivity index (χ2v) is 14.9. The lowest BCUT2D eigenvalue weighted by Gasteiger charge is -2.37. The summed E-state index contributed by atoms with van der Waals surface area (Å²) < 4.78 is 11.9. The zero-order valence-electron chi connectivity index (χ0n) is 27.4. The molecule has 12 heteroatoms. The molecule has 0 radical (unpaired) electrons. The lowest BCUT2D eigenvalue weighted by Crippen LogP contribution is -2.58. The fourth-order valence-electron chi connectivity index (χ4n) is 6.29. The number of carbonyl (C=O) groups is 3. The van der Waals surface area contributed by atoms with Gasteiger partial charge in [-0.3, -0.25) is 14.4 Å². The molecule has 0 unspecified atom stereocenters. The summed E-state index contributed by atoms with van der Waals surface area (Å²) in [5.41, 5.74) is 4.15. The summed E-state index contributed by atoms with van der Waals surface area (Å²) in [5, 5.41) is 19.6. The molecule has 1 saturated carbocycles. The molecule has 0 bridgehead atoms. The summed E-state index contributed by atoms with van der Waals surface area (Å²) in [6, 6.07) is 6.20. The number of hydrogen-bond acceptors (Lipinski definition) is 9. The predicted molar refractivity (Wildman–Crippen MR) is 176 cm³/mol. The topological polar surface area (TPSA) is 142 Å². The third kappa shape index (κ3) is 8.92. The van der Waals surface area contributed by atoms with E-state index in [1.54, 1.807) is 11.3 Å². The molecule has 11 nitrogen and oxygen atoms in total. The lowest BCUT2D eigenvalue weighted by atomic mass is 9.85. The van der Waals surface area contributed by atoms with E-state index in [1.165, 1.54) is 4.90 Å². The molecule has 2 saturated heterocycles. The van der Waals surface area contributed by atoms with Crippen LogP contribution in [-0.4, -0.2) is 96.0 Å². The maximum Gasteiger partial charge on any atom is 0.246 e. The van der Waals surface area contributed by atoms with E-state index in [2.05, 4.69) is 20.9 Å². The molecule has 1 aromatic carbocycles. The maximum atomic E-state index is 13.8. The van der Waals surface area contributed by atoms with Crippen LogP contribution < -0.4 is 16.0 Å². The lowest BCUT2D eigenvalue weighted by molar-refractivity contribution is -0.147. The Morgan fingerprint density at radius 3 is 2.43 bits per heavy atom. The summed E-state index contributed by atoms with van der Waals surface area (Å²) in [4.78, 5) is 46.9. The van der Waals surface area contributed by atoms with Crippen molar-refractivity contribution in [3.05, 3.63) is 41.0 Å². The minimum absolute atomic E-state index is 0.0274. The molecular weight excluding hydrogens is 606 g/mol. The van der Waals surface area contributed by atoms with E-state index < -0.39 is 29.5 Å². The van der Waals surface area contributed by atoms with Crippen LogP contribution in [0.2, 0.25) is 0 Å². The third-order valence-corrected chi connectivity index (χ3v) is 10.2. The molecular formula is C34H49N5O6S. The zero-order valence-corrected chi connectivity index (χ0v) is 28.2. The summed E-state index contributed by atoms with van der Waals surface area (Å²) in [6.07, 6.45) is 3.25. The number of thiazole rings is 1. The van der Waals surface area contributed by atoms with Gasteiger partial charge >= 0.3 is 0 Å². The van der Waals surface area contributed by atoms with Crippen molar-refractivity contribution in [3.63, 3.8) is 0 Å². The van der Waals surface area contributed by atoms with Crippen LogP contribution in [0.1, 0.15) is 64.1 Å². The van der Waals surface area contributed by atoms with E-state index in [4.69, 9.17) is 9.47 Å². The summed E-state index contributed by atoms with van der Waals surface area (Å²) in [6.45, 7) is 10.6. The molecule has 1 aliphatic carbocycles. The van der Waals surface area contributed by atoms with E-state index in [1.807, 2.05) is 57.5 Å². The van der Waals surface area contributed by atoms with E-state index in [9.17, 15) is 19.5 Å². The molecule has 5 rings (SSSR count). The van der Waals surface area contributed by atoms with Gasteiger partial charge in [0.1, 0.15) is 18.7 Å². The Labute approximate surface area is 275 Å². The number of aliphatic hydroxyl groups excluding tert-OH is 1. The van der Waals surface area contributed by atoms with Gasteiger partial charge < -0.3 is 35.4 Å². The third-order valence-electron chi connectivity index (χ3n) is 9.24. The van der Waals surface area contributed by atoms with Crippen molar-refractivity contribution in [3.8, 4) is 10.4 Å². The number of benzene rings is 1. The summed E-state index contributed by atoms with van der Waals surface area (Å²) >= 11 is 1.59. The molecule has 2 aliphatic heterocycles. The number of nitrogens with zero attached hydrogens (tertiary/aromatic N) is 2. The number of likely N-dealkylation sites (tertiary alicyclic amines) is 1. The fraction of sp³-hybridized carbons (Fsp3) is 0.647. The van der Waals surface area contributed by atoms with E-state index in [0.717, 1.165) is 67.1 Å². The van der Waals surface area contributed by atoms with Gasteiger partial charge in [-0.15, -0.1) is 11.3 Å². The minimum Gasteiger partial charge on any atom is -0.391 e. The molecule has 46 heavy (non-hydrogen) atoms. The first kappa shape index (κ1) is 34.4. The Bertz CT molecular complexity index is 1330. The van der Waals surface area contributed by atoms with E-state index in [0.29, 0.717) is 5.92 Å². The van der Waals surface area contributed by atoms with Crippen LogP contribution in [0.25, 0.3) is 10.4 Å². The number of aryl methyl sites for hydroxylation is 1. The van der Waals surface area contributed by atoms with Crippen molar-refractivity contribution >= 4 is 29.1 Å². The van der Waals surface area contributed by atoms with Crippen molar-refractivity contribution in [2.75, 3.05) is 32.8 Å². The van der Waals surface area contributed by atoms with Gasteiger partial charge in [0.25, 0.3) is 0 Å². The Morgan fingerprint density at radius 1 is 1.09 bits per heavy atom. The van der Waals surface area contributed by atoms with Crippen LogP contribution in [-0.2, 0) is 30.4 Å². The van der Waals surface area contributed by atoms with Crippen LogP contribution in [0.5, 0.6) is 0 Å². The van der Waals surface area contributed by atoms with E-state index >= 15 is 0 Å². The number of aromatic nitrogens is 1. The molecule has 4 N–H and O–H groups in total. The molecule has 2 aromatic rings. The van der Waals surface area contributed by atoms with Crippen molar-refractivity contribution in [2.24, 2.45) is 11.3 Å². The smallest absolute Gasteiger partial charge is 0.246 e. The average molecular weight is 656 g/mol. The highest BCUT2D eigenvalue weighted by molar-refractivity contribution is 7.13. The highest BCUT2D eigenvalue weighted by Crippen LogP contribution is 2.30. The monoisotopic (exact) mass is 655 g/mol. The van der Waals surface area contributed by atoms with Crippen LogP contribution in [0.15, 0.2) is 29.8 Å². The van der Waals surface area contributed by atoms with Gasteiger partial charge in [0.05, 0.1) is 34.4 Å². The number of hydrogen-bond donors (Lipinski definition) is 4. The Balaban J connectivity index is 1.09. The number of ether oxygens (including phenoxy) is 2. The molecule has 3 atom stereocenters. The molecule has 3 heterocycles. The molecule has 252 valence electrons. The van der Waals surface area contributed by atoms with Crippen molar-refractivity contribution < 1.29 is 29.0 Å². The Hall–Kier alpha value is -2.90. The minimum atomic E-state index is -0.894. The van der Waals surface area contributed by atoms with E-state index in [-0.39, 0.29) is 50.1 Å². The first-order chi connectivity index (χ1) is 22.0. The molecule has 1 aromatic heterocycles. The maximum absolute atomic E-state index is 13.8. The van der Waals surface area contributed by atoms with Crippen molar-refractivity contribution in [1.29, 1.82) is 0 Å². The SMILES string of the molecule is Cc1ncsc1-c1ccc(CNC(=O)[C@@H]2C[C@@H](O)CN2C(=O)[C@@H](NC(=O)COC2CC(OCC3CCNCC3)C2)C(C)(C)C)cc1. The van der Waals surface area contributed by atoms with Crippen LogP contribution in [0.4, 0.5) is 0 Å². The van der Waals surface area contributed by atoms with Crippen molar-refractivity contribution in [1.82, 2.24) is 25.8 Å². The van der Waals surface area contributed by atoms with Gasteiger partial charge in [-0.2, -0.15) is 0 Å². The predicted octanol–water partition coefficient (Wildman–Crippen LogP) is 2.79. The van der Waals surface area contributed by atoms with Gasteiger partial charge in [0.2, 0.25) is 17.7 Å². The molecule has 3 amide bonds. The molecule has 3 aliphatic rings.